The Morgan fingerprint density at radius 2 is 1.91 bits per heavy atom. The van der Waals surface area contributed by atoms with E-state index in [1.165, 1.54) is 17.6 Å². The van der Waals surface area contributed by atoms with E-state index >= 15 is 0 Å². The highest BCUT2D eigenvalue weighted by Gasteiger charge is 2.24. The number of hydrogen-bond acceptors (Lipinski definition) is 4. The van der Waals surface area contributed by atoms with Gasteiger partial charge in [-0.15, -0.1) is 0 Å². The van der Waals surface area contributed by atoms with Crippen molar-refractivity contribution in [2.24, 2.45) is 11.7 Å². The fourth-order valence-electron chi connectivity index (χ4n) is 2.21. The number of nitrogens with one attached hydrogen (secondary N) is 2. The van der Waals surface area contributed by atoms with Crippen LogP contribution in [0.5, 0.6) is 0 Å². The maximum atomic E-state index is 12.3. The van der Waals surface area contributed by atoms with Gasteiger partial charge in [0.1, 0.15) is 23.1 Å². The van der Waals surface area contributed by atoms with E-state index in [-0.39, 0.29) is 17.5 Å². The molecule has 8 nitrogen and oxygen atoms in total. The molecule has 122 valence electrons. The number of pyridine rings is 1. The molecule has 0 saturated carbocycles. The Morgan fingerprint density at radius 3 is 2.48 bits per heavy atom. The third-order valence-corrected chi connectivity index (χ3v) is 3.44. The number of fused-ring (bicyclic) bond motifs is 1. The molecule has 0 fully saturated rings. The van der Waals surface area contributed by atoms with Crippen LogP contribution in [0.1, 0.15) is 34.8 Å². The largest absolute Gasteiger partial charge is 0.368 e. The summed E-state index contributed by atoms with van der Waals surface area (Å²) in [5.41, 5.74) is 6.20. The summed E-state index contributed by atoms with van der Waals surface area (Å²) in [5.74, 6) is -1.57. The lowest BCUT2D eigenvalue weighted by atomic mass is 10.0. The van der Waals surface area contributed by atoms with Crippen LogP contribution < -0.4 is 16.4 Å². The van der Waals surface area contributed by atoms with Crippen LogP contribution in [0, 0.1) is 5.92 Å². The molecule has 0 radical (unpaired) electrons. The summed E-state index contributed by atoms with van der Waals surface area (Å²) in [6.07, 6.45) is 1.45. The van der Waals surface area contributed by atoms with Crippen LogP contribution in [0.15, 0.2) is 24.4 Å². The monoisotopic (exact) mass is 317 g/mol. The molecule has 0 aliphatic rings. The van der Waals surface area contributed by atoms with E-state index in [4.69, 9.17) is 5.73 Å². The zero-order chi connectivity index (χ0) is 17.1. The first-order chi connectivity index (χ1) is 10.8. The second-order valence-corrected chi connectivity index (χ2v) is 5.44. The minimum Gasteiger partial charge on any atom is -0.368 e. The molecule has 0 bridgehead atoms. The fraction of sp³-hybridized carbons (Fsp3) is 0.333. The van der Waals surface area contributed by atoms with E-state index in [1.54, 1.807) is 32.0 Å². The van der Waals surface area contributed by atoms with E-state index in [2.05, 4.69) is 15.6 Å². The maximum absolute atomic E-state index is 12.3. The molecule has 4 N–H and O–H groups in total. The SMILES string of the molecule is CNC(=O)c1cccc2nc(C(=O)N[C@H](C(N)=O)C(C)C)cn12. The predicted molar refractivity (Wildman–Crippen MR) is 83.9 cm³/mol. The Hall–Kier alpha value is -2.90. The summed E-state index contributed by atoms with van der Waals surface area (Å²) in [4.78, 5) is 39.7. The molecular weight excluding hydrogens is 298 g/mol. The zero-order valence-corrected chi connectivity index (χ0v) is 13.2. The molecule has 0 aliphatic carbocycles. The van der Waals surface area contributed by atoms with Gasteiger partial charge in [-0.05, 0) is 18.1 Å². The van der Waals surface area contributed by atoms with Crippen LogP contribution in [0.3, 0.4) is 0 Å². The topological polar surface area (TPSA) is 119 Å². The van der Waals surface area contributed by atoms with Crippen molar-refractivity contribution in [2.45, 2.75) is 19.9 Å². The average molecular weight is 317 g/mol. The normalized spacial score (nSPS) is 12.2. The summed E-state index contributed by atoms with van der Waals surface area (Å²) < 4.78 is 1.52. The van der Waals surface area contributed by atoms with E-state index < -0.39 is 17.9 Å². The van der Waals surface area contributed by atoms with Gasteiger partial charge in [0.2, 0.25) is 5.91 Å². The van der Waals surface area contributed by atoms with Crippen LogP contribution in [0.4, 0.5) is 0 Å². The summed E-state index contributed by atoms with van der Waals surface area (Å²) >= 11 is 0. The third-order valence-electron chi connectivity index (χ3n) is 3.44. The van der Waals surface area contributed by atoms with Crippen molar-refractivity contribution in [1.82, 2.24) is 20.0 Å². The quantitative estimate of drug-likeness (QED) is 0.715. The number of nitrogens with two attached hydrogens (primary N) is 1. The number of imidazole rings is 1. The smallest absolute Gasteiger partial charge is 0.272 e. The van der Waals surface area contributed by atoms with Gasteiger partial charge in [-0.25, -0.2) is 4.98 Å². The molecule has 0 spiro atoms. The number of nitrogens with zero attached hydrogens (tertiary/aromatic N) is 2. The van der Waals surface area contributed by atoms with Gasteiger partial charge in [-0.1, -0.05) is 19.9 Å². The Morgan fingerprint density at radius 1 is 1.22 bits per heavy atom. The van der Waals surface area contributed by atoms with Gasteiger partial charge in [0, 0.05) is 13.2 Å². The first kappa shape index (κ1) is 16.5. The van der Waals surface area contributed by atoms with E-state index in [0.717, 1.165) is 0 Å². The number of carbonyl (C=O) groups excluding carboxylic acids is 3. The van der Waals surface area contributed by atoms with E-state index in [1.807, 2.05) is 0 Å². The third kappa shape index (κ3) is 3.31. The number of amides is 3. The van der Waals surface area contributed by atoms with Crippen molar-refractivity contribution in [1.29, 1.82) is 0 Å². The van der Waals surface area contributed by atoms with Crippen LogP contribution in [0.25, 0.3) is 5.65 Å². The van der Waals surface area contributed by atoms with Crippen LogP contribution >= 0.6 is 0 Å². The van der Waals surface area contributed by atoms with Gasteiger partial charge in [0.05, 0.1) is 0 Å². The van der Waals surface area contributed by atoms with E-state index in [0.29, 0.717) is 11.3 Å². The minimum absolute atomic E-state index is 0.105. The van der Waals surface area contributed by atoms with Crippen LogP contribution in [-0.2, 0) is 4.79 Å². The van der Waals surface area contributed by atoms with Gasteiger partial charge in [0.15, 0.2) is 0 Å². The van der Waals surface area contributed by atoms with Gasteiger partial charge in [0.25, 0.3) is 11.8 Å². The molecular formula is C15H19N5O3. The predicted octanol–water partition coefficient (Wildman–Crippen LogP) is -0.0664. The number of carbonyl (C=O) groups is 3. The van der Waals surface area contributed by atoms with Crippen LogP contribution in [0.2, 0.25) is 0 Å². The number of rotatable bonds is 5. The van der Waals surface area contributed by atoms with Crippen molar-refractivity contribution >= 4 is 23.4 Å². The minimum atomic E-state index is -0.786. The number of aromatic nitrogens is 2. The lowest BCUT2D eigenvalue weighted by Crippen LogP contribution is -2.47. The molecule has 0 aromatic carbocycles. The Balaban J connectivity index is 2.35. The summed E-state index contributed by atoms with van der Waals surface area (Å²) in [5, 5.41) is 5.09. The Bertz CT molecular complexity index is 766. The average Bonchev–Trinajstić information content (AvgIpc) is 2.94. The highest BCUT2D eigenvalue weighted by atomic mass is 16.2. The molecule has 0 unspecified atom stereocenters. The molecule has 3 amide bonds. The lowest BCUT2D eigenvalue weighted by molar-refractivity contribution is -0.120. The maximum Gasteiger partial charge on any atom is 0.272 e. The highest BCUT2D eigenvalue weighted by molar-refractivity contribution is 5.97. The second-order valence-electron chi connectivity index (χ2n) is 5.44. The Kier molecular flexibility index (Phi) is 4.63. The molecule has 0 aliphatic heterocycles. The molecule has 2 aromatic heterocycles. The van der Waals surface area contributed by atoms with Gasteiger partial charge in [-0.2, -0.15) is 0 Å². The first-order valence-corrected chi connectivity index (χ1v) is 7.15. The molecule has 8 heteroatoms. The molecule has 2 heterocycles. The number of primary amides is 1. The van der Waals surface area contributed by atoms with Crippen LogP contribution in [-0.4, -0.2) is 40.2 Å². The summed E-state index contributed by atoms with van der Waals surface area (Å²) in [7, 11) is 1.52. The van der Waals surface area contributed by atoms with Gasteiger partial charge >= 0.3 is 0 Å². The first-order valence-electron chi connectivity index (χ1n) is 7.15. The van der Waals surface area contributed by atoms with E-state index in [9.17, 15) is 14.4 Å². The molecule has 0 saturated heterocycles. The van der Waals surface area contributed by atoms with Crippen molar-refractivity contribution in [3.05, 3.63) is 35.8 Å². The molecule has 2 rings (SSSR count). The number of hydrogen-bond donors (Lipinski definition) is 3. The molecule has 1 atom stereocenters. The molecule has 23 heavy (non-hydrogen) atoms. The van der Waals surface area contributed by atoms with Crippen molar-refractivity contribution in [3.8, 4) is 0 Å². The summed E-state index contributed by atoms with van der Waals surface area (Å²) in [6, 6.07) is 4.19. The zero-order valence-electron chi connectivity index (χ0n) is 13.2. The highest BCUT2D eigenvalue weighted by Crippen LogP contribution is 2.10. The summed E-state index contributed by atoms with van der Waals surface area (Å²) in [6.45, 7) is 3.56. The fourth-order valence-corrected chi connectivity index (χ4v) is 2.21. The van der Waals surface area contributed by atoms with Gasteiger partial charge in [-0.3, -0.25) is 18.8 Å². The molecule has 2 aromatic rings. The lowest BCUT2D eigenvalue weighted by Gasteiger charge is -2.17. The van der Waals surface area contributed by atoms with Crippen molar-refractivity contribution < 1.29 is 14.4 Å². The van der Waals surface area contributed by atoms with Crippen molar-refractivity contribution in [3.63, 3.8) is 0 Å². The standard InChI is InChI=1S/C15H19N5O3/c1-8(2)12(13(16)21)19-14(22)9-7-20-10(15(23)17-3)5-4-6-11(20)18-9/h4-8,12H,1-3H3,(H2,16,21)(H,17,23)(H,19,22)/t12-/m0/s1. The van der Waals surface area contributed by atoms with Gasteiger partial charge < -0.3 is 16.4 Å². The Labute approximate surface area is 133 Å². The van der Waals surface area contributed by atoms with Crippen molar-refractivity contribution in [2.75, 3.05) is 7.05 Å². The second kappa shape index (κ2) is 6.47.